The molecule has 2 aromatic carbocycles. The Hall–Kier alpha value is -1.69. The average Bonchev–Trinajstić information content (AvgIpc) is 2.63. The maximum atomic E-state index is 10.1. The minimum atomic E-state index is -0.365. The molecule has 25 heavy (non-hydrogen) atoms. The van der Waals surface area contributed by atoms with Crippen molar-refractivity contribution in [2.24, 2.45) is 0 Å². The van der Waals surface area contributed by atoms with Crippen LogP contribution in [0.15, 0.2) is 47.4 Å². The van der Waals surface area contributed by atoms with Gasteiger partial charge in [0.05, 0.1) is 20.3 Å². The van der Waals surface area contributed by atoms with Crippen molar-refractivity contribution in [1.29, 1.82) is 0 Å². The zero-order valence-electron chi connectivity index (χ0n) is 15.1. The topological polar surface area (TPSA) is 50.7 Å². The first-order valence-corrected chi connectivity index (χ1v) is 9.40. The molecule has 5 heteroatoms. The number of thioether (sulfide) groups is 1. The molecule has 0 aliphatic carbocycles. The van der Waals surface area contributed by atoms with Crippen molar-refractivity contribution in [3.05, 3.63) is 53.6 Å². The van der Waals surface area contributed by atoms with Crippen LogP contribution in [0.4, 0.5) is 0 Å². The third-order valence-corrected chi connectivity index (χ3v) is 4.99. The summed E-state index contributed by atoms with van der Waals surface area (Å²) in [6.45, 7) is 3.48. The number of benzene rings is 2. The molecule has 4 nitrogen and oxygen atoms in total. The van der Waals surface area contributed by atoms with E-state index < -0.39 is 0 Å². The van der Waals surface area contributed by atoms with Crippen molar-refractivity contribution < 1.29 is 14.6 Å². The highest BCUT2D eigenvalue weighted by atomic mass is 32.2. The molecule has 2 N–H and O–H groups in total. The highest BCUT2D eigenvalue weighted by Gasteiger charge is 2.07. The van der Waals surface area contributed by atoms with Gasteiger partial charge in [-0.2, -0.15) is 0 Å². The molecule has 136 valence electrons. The standard InChI is InChI=1S/C20H27NO3S/c1-15-5-4-6-18(11-15)25-14-17(22)13-21-10-9-16-7-8-19(23-2)20(12-16)24-3/h4-8,11-12,17,21-22H,9-10,13-14H2,1-3H3/t17-/m1/s1. The molecule has 0 bridgehead atoms. The largest absolute Gasteiger partial charge is 0.493 e. The highest BCUT2D eigenvalue weighted by molar-refractivity contribution is 7.99. The fourth-order valence-corrected chi connectivity index (χ4v) is 3.44. The number of methoxy groups -OCH3 is 2. The van der Waals surface area contributed by atoms with Crippen LogP contribution < -0.4 is 14.8 Å². The van der Waals surface area contributed by atoms with Gasteiger partial charge in [-0.3, -0.25) is 0 Å². The first-order chi connectivity index (χ1) is 12.1. The predicted octanol–water partition coefficient (Wildman–Crippen LogP) is 3.30. The molecule has 0 aliphatic heterocycles. The van der Waals surface area contributed by atoms with Gasteiger partial charge in [0.25, 0.3) is 0 Å². The lowest BCUT2D eigenvalue weighted by Crippen LogP contribution is -2.29. The van der Waals surface area contributed by atoms with Crippen LogP contribution in [-0.2, 0) is 6.42 Å². The second-order valence-corrected chi connectivity index (χ2v) is 7.02. The molecule has 2 rings (SSSR count). The first kappa shape index (κ1) is 19.6. The molecule has 0 saturated heterocycles. The number of hydrogen-bond acceptors (Lipinski definition) is 5. The zero-order chi connectivity index (χ0) is 18.1. The van der Waals surface area contributed by atoms with Crippen LogP contribution in [-0.4, -0.2) is 44.3 Å². The summed E-state index contributed by atoms with van der Waals surface area (Å²) in [5, 5.41) is 13.4. The lowest BCUT2D eigenvalue weighted by molar-refractivity contribution is 0.196. The van der Waals surface area contributed by atoms with Crippen molar-refractivity contribution in [3.63, 3.8) is 0 Å². The van der Waals surface area contributed by atoms with Gasteiger partial charge in [-0.25, -0.2) is 0 Å². The van der Waals surface area contributed by atoms with Gasteiger partial charge in [0, 0.05) is 17.2 Å². The van der Waals surface area contributed by atoms with Gasteiger partial charge in [0.15, 0.2) is 11.5 Å². The monoisotopic (exact) mass is 361 g/mol. The van der Waals surface area contributed by atoms with E-state index in [4.69, 9.17) is 9.47 Å². The van der Waals surface area contributed by atoms with Crippen molar-refractivity contribution in [1.82, 2.24) is 5.32 Å². The van der Waals surface area contributed by atoms with Crippen LogP contribution in [0.2, 0.25) is 0 Å². The molecule has 2 aromatic rings. The molecule has 0 unspecified atom stereocenters. The van der Waals surface area contributed by atoms with Crippen LogP contribution >= 0.6 is 11.8 Å². The quantitative estimate of drug-likeness (QED) is 0.502. The lowest BCUT2D eigenvalue weighted by atomic mass is 10.1. The first-order valence-electron chi connectivity index (χ1n) is 8.41. The van der Waals surface area contributed by atoms with Gasteiger partial charge in [-0.05, 0) is 49.7 Å². The van der Waals surface area contributed by atoms with E-state index in [1.54, 1.807) is 26.0 Å². The minimum Gasteiger partial charge on any atom is -0.493 e. The second kappa shape index (κ2) is 10.3. The number of aliphatic hydroxyl groups excluding tert-OH is 1. The van der Waals surface area contributed by atoms with Gasteiger partial charge in [-0.15, -0.1) is 11.8 Å². The summed E-state index contributed by atoms with van der Waals surface area (Å²) >= 11 is 1.69. The number of rotatable bonds is 10. The summed E-state index contributed by atoms with van der Waals surface area (Å²) in [7, 11) is 3.28. The van der Waals surface area contributed by atoms with Gasteiger partial charge in [0.1, 0.15) is 0 Å². The summed E-state index contributed by atoms with van der Waals surface area (Å²) in [5.74, 6) is 2.17. The summed E-state index contributed by atoms with van der Waals surface area (Å²) in [4.78, 5) is 1.20. The minimum absolute atomic E-state index is 0.365. The predicted molar refractivity (Wildman–Crippen MR) is 104 cm³/mol. The third kappa shape index (κ3) is 6.61. The summed E-state index contributed by atoms with van der Waals surface area (Å²) < 4.78 is 10.6. The maximum Gasteiger partial charge on any atom is 0.160 e. The Morgan fingerprint density at radius 1 is 1.08 bits per heavy atom. The van der Waals surface area contributed by atoms with Gasteiger partial charge >= 0.3 is 0 Å². The Morgan fingerprint density at radius 3 is 2.60 bits per heavy atom. The summed E-state index contributed by atoms with van der Waals surface area (Å²) in [6, 6.07) is 14.3. The van der Waals surface area contributed by atoms with Crippen LogP contribution in [0, 0.1) is 6.92 Å². The molecular weight excluding hydrogens is 334 g/mol. The average molecular weight is 362 g/mol. The molecule has 0 heterocycles. The molecular formula is C20H27NO3S. The van der Waals surface area contributed by atoms with Crippen molar-refractivity contribution in [3.8, 4) is 11.5 Å². The normalized spacial score (nSPS) is 12.0. The Bertz CT molecular complexity index is 663. The van der Waals surface area contributed by atoms with Gasteiger partial charge in [-0.1, -0.05) is 23.8 Å². The summed E-state index contributed by atoms with van der Waals surface area (Å²) in [5.41, 5.74) is 2.42. The van der Waals surface area contributed by atoms with Crippen LogP contribution in [0.3, 0.4) is 0 Å². The van der Waals surface area contributed by atoms with Crippen LogP contribution in [0.25, 0.3) is 0 Å². The lowest BCUT2D eigenvalue weighted by Gasteiger charge is -2.13. The smallest absolute Gasteiger partial charge is 0.160 e. The fourth-order valence-electron chi connectivity index (χ4n) is 2.49. The van der Waals surface area contributed by atoms with E-state index in [2.05, 4.69) is 30.4 Å². The number of nitrogens with one attached hydrogen (secondary N) is 1. The number of hydrogen-bond donors (Lipinski definition) is 2. The van der Waals surface area contributed by atoms with E-state index in [0.717, 1.165) is 24.5 Å². The molecule has 1 atom stereocenters. The molecule has 0 spiro atoms. The Labute approximate surface area is 154 Å². The van der Waals surface area contributed by atoms with E-state index in [9.17, 15) is 5.11 Å². The van der Waals surface area contributed by atoms with Crippen molar-refractivity contribution in [2.75, 3.05) is 33.1 Å². The molecule has 0 aromatic heterocycles. The molecule has 0 amide bonds. The van der Waals surface area contributed by atoms with E-state index in [1.165, 1.54) is 16.0 Å². The molecule has 0 radical (unpaired) electrons. The summed E-state index contributed by atoms with van der Waals surface area (Å²) in [6.07, 6.45) is 0.508. The van der Waals surface area contributed by atoms with Crippen molar-refractivity contribution >= 4 is 11.8 Å². The molecule has 0 saturated carbocycles. The van der Waals surface area contributed by atoms with Crippen molar-refractivity contribution in [2.45, 2.75) is 24.3 Å². The molecule has 0 aliphatic rings. The van der Waals surface area contributed by atoms with E-state index in [1.807, 2.05) is 24.3 Å². The highest BCUT2D eigenvalue weighted by Crippen LogP contribution is 2.27. The number of aliphatic hydroxyl groups is 1. The van der Waals surface area contributed by atoms with Crippen LogP contribution in [0.5, 0.6) is 11.5 Å². The third-order valence-electron chi connectivity index (χ3n) is 3.85. The fraction of sp³-hybridized carbons (Fsp3) is 0.400. The van der Waals surface area contributed by atoms with Crippen LogP contribution in [0.1, 0.15) is 11.1 Å². The molecule has 0 fully saturated rings. The Kier molecular flexibility index (Phi) is 8.12. The second-order valence-electron chi connectivity index (χ2n) is 5.92. The van der Waals surface area contributed by atoms with E-state index >= 15 is 0 Å². The SMILES string of the molecule is COc1ccc(CCNC[C@@H](O)CSc2cccc(C)c2)cc1OC. The van der Waals surface area contributed by atoms with Gasteiger partial charge < -0.3 is 19.9 Å². The number of ether oxygens (including phenoxy) is 2. The number of aryl methyl sites for hydroxylation is 1. The Balaban J connectivity index is 1.68. The Morgan fingerprint density at radius 2 is 1.88 bits per heavy atom. The van der Waals surface area contributed by atoms with E-state index in [-0.39, 0.29) is 6.10 Å². The van der Waals surface area contributed by atoms with Gasteiger partial charge in [0.2, 0.25) is 0 Å². The van der Waals surface area contributed by atoms with E-state index in [0.29, 0.717) is 12.3 Å². The zero-order valence-corrected chi connectivity index (χ0v) is 15.9. The maximum absolute atomic E-state index is 10.1.